The summed E-state index contributed by atoms with van der Waals surface area (Å²) >= 11 is 0. The smallest absolute Gasteiger partial charge is 0.320 e. The van der Waals surface area contributed by atoms with Crippen LogP contribution in [0.5, 0.6) is 12.0 Å². The standard InChI is InChI=1S/C17H28N6O2/c1-3-4-12-25-16-20-14(18)13-15(21-16)23(17(19-13)24-2)11-7-10-22-8-5-6-9-22/h3-12H2,1-2H3,(H2,18,20,21). The maximum atomic E-state index is 6.06. The average molecular weight is 348 g/mol. The van der Waals surface area contributed by atoms with Gasteiger partial charge in [-0.1, -0.05) is 13.3 Å². The first-order valence-corrected chi connectivity index (χ1v) is 9.15. The van der Waals surface area contributed by atoms with Crippen LogP contribution >= 0.6 is 0 Å². The van der Waals surface area contributed by atoms with E-state index in [1.54, 1.807) is 7.11 Å². The molecule has 1 aliphatic rings. The van der Waals surface area contributed by atoms with Crippen LogP contribution in [0.1, 0.15) is 39.0 Å². The van der Waals surface area contributed by atoms with Gasteiger partial charge >= 0.3 is 6.01 Å². The van der Waals surface area contributed by atoms with Crippen molar-refractivity contribution in [1.82, 2.24) is 24.4 Å². The van der Waals surface area contributed by atoms with E-state index in [9.17, 15) is 0 Å². The highest BCUT2D eigenvalue weighted by Crippen LogP contribution is 2.25. The van der Waals surface area contributed by atoms with Crippen molar-refractivity contribution in [2.45, 2.75) is 45.6 Å². The summed E-state index contributed by atoms with van der Waals surface area (Å²) < 4.78 is 13.0. The van der Waals surface area contributed by atoms with Crippen LogP contribution < -0.4 is 15.2 Å². The molecule has 138 valence electrons. The molecule has 0 spiro atoms. The lowest BCUT2D eigenvalue weighted by atomic mass is 10.4. The zero-order chi connectivity index (χ0) is 17.6. The van der Waals surface area contributed by atoms with E-state index in [1.807, 2.05) is 4.57 Å². The highest BCUT2D eigenvalue weighted by Gasteiger charge is 2.18. The highest BCUT2D eigenvalue weighted by atomic mass is 16.5. The molecule has 0 radical (unpaired) electrons. The molecule has 0 aliphatic carbocycles. The zero-order valence-corrected chi connectivity index (χ0v) is 15.2. The van der Waals surface area contributed by atoms with Crippen LogP contribution in [0.3, 0.4) is 0 Å². The molecule has 1 fully saturated rings. The molecule has 0 unspecified atom stereocenters. The number of nitrogens with zero attached hydrogens (tertiary/aromatic N) is 5. The topological polar surface area (TPSA) is 91.3 Å². The third-order valence-corrected chi connectivity index (χ3v) is 4.53. The lowest BCUT2D eigenvalue weighted by Crippen LogP contribution is -2.21. The minimum atomic E-state index is 0.307. The average Bonchev–Trinajstić information content (AvgIpc) is 3.24. The van der Waals surface area contributed by atoms with E-state index >= 15 is 0 Å². The number of aryl methyl sites for hydroxylation is 1. The summed E-state index contributed by atoms with van der Waals surface area (Å²) in [7, 11) is 1.61. The van der Waals surface area contributed by atoms with Crippen LogP contribution in [0.4, 0.5) is 5.82 Å². The maximum absolute atomic E-state index is 6.06. The fourth-order valence-corrected chi connectivity index (χ4v) is 3.17. The van der Waals surface area contributed by atoms with E-state index < -0.39 is 0 Å². The van der Waals surface area contributed by atoms with Gasteiger partial charge in [0.15, 0.2) is 17.0 Å². The molecule has 2 aromatic heterocycles. The minimum absolute atomic E-state index is 0.307. The number of anilines is 1. The Hall–Kier alpha value is -2.09. The van der Waals surface area contributed by atoms with Crippen LogP contribution in [0.2, 0.25) is 0 Å². The summed E-state index contributed by atoms with van der Waals surface area (Å²) in [6.07, 6.45) is 5.64. The van der Waals surface area contributed by atoms with Gasteiger partial charge in [-0.05, 0) is 45.3 Å². The van der Waals surface area contributed by atoms with Crippen molar-refractivity contribution in [2.24, 2.45) is 0 Å². The molecule has 8 heteroatoms. The first kappa shape index (κ1) is 17.7. The van der Waals surface area contributed by atoms with Gasteiger partial charge in [-0.15, -0.1) is 0 Å². The second-order valence-electron chi connectivity index (χ2n) is 6.42. The van der Waals surface area contributed by atoms with Gasteiger partial charge in [0.1, 0.15) is 0 Å². The van der Waals surface area contributed by atoms with Crippen LogP contribution in [0, 0.1) is 0 Å². The monoisotopic (exact) mass is 348 g/mol. The molecule has 0 aromatic carbocycles. The Morgan fingerprint density at radius 3 is 2.60 bits per heavy atom. The lowest BCUT2D eigenvalue weighted by molar-refractivity contribution is 0.286. The van der Waals surface area contributed by atoms with E-state index in [2.05, 4.69) is 26.8 Å². The molecular formula is C17H28N6O2. The fraction of sp³-hybridized carbons (Fsp3) is 0.706. The van der Waals surface area contributed by atoms with Gasteiger partial charge in [-0.3, -0.25) is 4.57 Å². The molecule has 0 amide bonds. The van der Waals surface area contributed by atoms with Crippen molar-refractivity contribution >= 4 is 17.0 Å². The summed E-state index contributed by atoms with van der Waals surface area (Å²) in [6, 6.07) is 0.824. The van der Waals surface area contributed by atoms with Crippen molar-refractivity contribution in [2.75, 3.05) is 39.1 Å². The summed E-state index contributed by atoms with van der Waals surface area (Å²) in [5.74, 6) is 0.327. The van der Waals surface area contributed by atoms with Gasteiger partial charge in [-0.25, -0.2) is 0 Å². The van der Waals surface area contributed by atoms with E-state index in [-0.39, 0.29) is 0 Å². The first-order chi connectivity index (χ1) is 12.2. The van der Waals surface area contributed by atoms with E-state index in [1.165, 1.54) is 25.9 Å². The number of ether oxygens (including phenoxy) is 2. The Balaban J connectivity index is 1.78. The van der Waals surface area contributed by atoms with Crippen LogP contribution in [-0.2, 0) is 6.54 Å². The molecule has 3 rings (SSSR count). The van der Waals surface area contributed by atoms with Crippen LogP contribution in [0.15, 0.2) is 0 Å². The lowest BCUT2D eigenvalue weighted by Gasteiger charge is -2.15. The van der Waals surface area contributed by atoms with Crippen molar-refractivity contribution in [1.29, 1.82) is 0 Å². The number of nitrogen functional groups attached to an aromatic ring is 1. The molecule has 2 aromatic rings. The third kappa shape index (κ3) is 4.12. The maximum Gasteiger partial charge on any atom is 0.320 e. The molecule has 1 aliphatic heterocycles. The predicted molar refractivity (Wildman–Crippen MR) is 97.0 cm³/mol. The number of nitrogens with two attached hydrogens (primary N) is 1. The Bertz CT molecular complexity index is 696. The molecule has 0 saturated carbocycles. The molecule has 1 saturated heterocycles. The van der Waals surface area contributed by atoms with Crippen LogP contribution in [0.25, 0.3) is 11.2 Å². The third-order valence-electron chi connectivity index (χ3n) is 4.53. The Morgan fingerprint density at radius 1 is 1.08 bits per heavy atom. The van der Waals surface area contributed by atoms with E-state index in [4.69, 9.17) is 15.2 Å². The SMILES string of the molecule is CCCCOc1nc(N)c2nc(OC)n(CCCN3CCCC3)c2n1. The Labute approximate surface area is 148 Å². The molecule has 8 nitrogen and oxygen atoms in total. The number of hydrogen-bond donors (Lipinski definition) is 1. The summed E-state index contributed by atoms with van der Waals surface area (Å²) in [5.41, 5.74) is 7.30. The second kappa shape index (κ2) is 8.33. The first-order valence-electron chi connectivity index (χ1n) is 9.15. The molecule has 0 bridgehead atoms. The molecule has 3 heterocycles. The number of methoxy groups -OCH3 is 1. The molecule has 2 N–H and O–H groups in total. The van der Waals surface area contributed by atoms with Crippen molar-refractivity contribution in [3.8, 4) is 12.0 Å². The van der Waals surface area contributed by atoms with Gasteiger partial charge in [0.25, 0.3) is 6.01 Å². The van der Waals surface area contributed by atoms with Gasteiger partial charge < -0.3 is 20.1 Å². The van der Waals surface area contributed by atoms with Gasteiger partial charge in [0.05, 0.1) is 13.7 Å². The minimum Gasteiger partial charge on any atom is -0.468 e. The predicted octanol–water partition coefficient (Wildman–Crippen LogP) is 2.08. The van der Waals surface area contributed by atoms with Gasteiger partial charge in [0.2, 0.25) is 0 Å². The number of hydrogen-bond acceptors (Lipinski definition) is 7. The quantitative estimate of drug-likeness (QED) is 0.694. The van der Waals surface area contributed by atoms with Crippen molar-refractivity contribution < 1.29 is 9.47 Å². The number of unbranched alkanes of at least 4 members (excludes halogenated alkanes) is 1. The second-order valence-corrected chi connectivity index (χ2v) is 6.42. The largest absolute Gasteiger partial charge is 0.468 e. The van der Waals surface area contributed by atoms with Gasteiger partial charge in [-0.2, -0.15) is 15.0 Å². The zero-order valence-electron chi connectivity index (χ0n) is 15.2. The molecular weight excluding hydrogens is 320 g/mol. The molecule has 0 atom stereocenters. The normalized spacial score (nSPS) is 15.1. The summed E-state index contributed by atoms with van der Waals surface area (Å²) in [5, 5.41) is 0. The van der Waals surface area contributed by atoms with Crippen molar-refractivity contribution in [3.63, 3.8) is 0 Å². The molecule has 25 heavy (non-hydrogen) atoms. The summed E-state index contributed by atoms with van der Waals surface area (Å²) in [4.78, 5) is 15.7. The van der Waals surface area contributed by atoms with Crippen LogP contribution in [-0.4, -0.2) is 57.8 Å². The van der Waals surface area contributed by atoms with E-state index in [0.29, 0.717) is 35.6 Å². The highest BCUT2D eigenvalue weighted by molar-refractivity contribution is 5.83. The van der Waals surface area contributed by atoms with Gasteiger partial charge in [0, 0.05) is 6.54 Å². The number of likely N-dealkylation sites (tertiary alicyclic amines) is 1. The number of aromatic nitrogens is 4. The summed E-state index contributed by atoms with van der Waals surface area (Å²) in [6.45, 7) is 6.95. The Morgan fingerprint density at radius 2 is 1.88 bits per heavy atom. The number of imidazole rings is 1. The van der Waals surface area contributed by atoms with E-state index in [0.717, 1.165) is 32.4 Å². The van der Waals surface area contributed by atoms with Crippen molar-refractivity contribution in [3.05, 3.63) is 0 Å². The number of fused-ring (bicyclic) bond motifs is 1. The number of rotatable bonds is 9. The Kier molecular flexibility index (Phi) is 5.91. The fourth-order valence-electron chi connectivity index (χ4n) is 3.17.